The Bertz CT molecular complexity index is 1020. The molecule has 1 heterocycles. The first-order valence-electron chi connectivity index (χ1n) is 11.5. The summed E-state index contributed by atoms with van der Waals surface area (Å²) >= 11 is 0. The summed E-state index contributed by atoms with van der Waals surface area (Å²) in [6, 6.07) is 13.3. The van der Waals surface area contributed by atoms with Crippen LogP contribution in [0.15, 0.2) is 54.1 Å². The van der Waals surface area contributed by atoms with Crippen LogP contribution in [0.2, 0.25) is 0 Å². The Morgan fingerprint density at radius 2 is 1.59 bits per heavy atom. The van der Waals surface area contributed by atoms with Crippen LogP contribution in [0, 0.1) is 5.92 Å². The number of benzene rings is 2. The molecule has 1 aliphatic rings. The number of aliphatic hydroxyl groups excluding tert-OH is 1. The second kappa shape index (κ2) is 11.2. The van der Waals surface area contributed by atoms with E-state index in [1.165, 1.54) is 12.0 Å². The van der Waals surface area contributed by atoms with Crippen molar-refractivity contribution in [3.05, 3.63) is 65.2 Å². The van der Waals surface area contributed by atoms with Crippen LogP contribution in [0.25, 0.3) is 5.76 Å². The number of ether oxygens (including phenoxy) is 3. The molecule has 0 aliphatic carbocycles. The van der Waals surface area contributed by atoms with Gasteiger partial charge in [0.2, 0.25) is 0 Å². The van der Waals surface area contributed by atoms with Crippen molar-refractivity contribution in [2.75, 3.05) is 26.9 Å². The van der Waals surface area contributed by atoms with Crippen LogP contribution in [-0.2, 0) is 14.3 Å². The topological polar surface area (TPSA) is 85.3 Å². The van der Waals surface area contributed by atoms with E-state index in [4.69, 9.17) is 14.2 Å². The van der Waals surface area contributed by atoms with Crippen LogP contribution in [0.5, 0.6) is 11.5 Å². The van der Waals surface area contributed by atoms with E-state index in [-0.39, 0.29) is 30.6 Å². The maximum atomic E-state index is 13.0. The summed E-state index contributed by atoms with van der Waals surface area (Å²) in [7, 11) is 1.53. The van der Waals surface area contributed by atoms with Crippen molar-refractivity contribution in [1.82, 2.24) is 4.90 Å². The molecule has 2 aromatic rings. The second-order valence-electron chi connectivity index (χ2n) is 8.95. The third-order valence-corrected chi connectivity index (χ3v) is 5.35. The van der Waals surface area contributed by atoms with E-state index in [9.17, 15) is 14.7 Å². The first kappa shape index (κ1) is 25.3. The minimum absolute atomic E-state index is 0.0191. The summed E-state index contributed by atoms with van der Waals surface area (Å²) in [6.45, 7) is 9.05. The number of hydrogen-bond acceptors (Lipinski definition) is 6. The number of methoxy groups -OCH3 is 1. The third-order valence-electron chi connectivity index (χ3n) is 5.35. The lowest BCUT2D eigenvalue weighted by Crippen LogP contribution is -2.32. The number of hydrogen-bond donors (Lipinski definition) is 1. The second-order valence-corrected chi connectivity index (χ2v) is 8.95. The zero-order valence-electron chi connectivity index (χ0n) is 20.4. The molecule has 1 saturated heterocycles. The van der Waals surface area contributed by atoms with E-state index in [0.29, 0.717) is 35.2 Å². The smallest absolute Gasteiger partial charge is 0.295 e. The molecule has 1 unspecified atom stereocenters. The molecule has 0 bridgehead atoms. The van der Waals surface area contributed by atoms with E-state index in [2.05, 4.69) is 13.8 Å². The van der Waals surface area contributed by atoms with Gasteiger partial charge in [-0.25, -0.2) is 0 Å². The highest BCUT2D eigenvalue weighted by molar-refractivity contribution is 6.46. The van der Waals surface area contributed by atoms with Gasteiger partial charge in [0.05, 0.1) is 30.9 Å². The summed E-state index contributed by atoms with van der Waals surface area (Å²) in [6.07, 6.45) is 0.0191. The Morgan fingerprint density at radius 1 is 0.971 bits per heavy atom. The van der Waals surface area contributed by atoms with Crippen molar-refractivity contribution in [2.45, 2.75) is 39.8 Å². The molecule has 2 aromatic carbocycles. The average Bonchev–Trinajstić information content (AvgIpc) is 3.06. The van der Waals surface area contributed by atoms with Gasteiger partial charge in [0.25, 0.3) is 11.7 Å². The summed E-state index contributed by atoms with van der Waals surface area (Å²) in [4.78, 5) is 27.4. The molecule has 0 spiro atoms. The van der Waals surface area contributed by atoms with Gasteiger partial charge < -0.3 is 24.2 Å². The molecule has 3 rings (SSSR count). The summed E-state index contributed by atoms with van der Waals surface area (Å²) in [5.74, 6) is 0.131. The first-order chi connectivity index (χ1) is 16.2. The monoisotopic (exact) mass is 467 g/mol. The van der Waals surface area contributed by atoms with E-state index in [1.807, 2.05) is 26.0 Å². The van der Waals surface area contributed by atoms with Gasteiger partial charge in [0, 0.05) is 19.2 Å². The molecular formula is C27H33NO6. The lowest BCUT2D eigenvalue weighted by atomic mass is 9.95. The Morgan fingerprint density at radius 3 is 2.15 bits per heavy atom. The highest BCUT2D eigenvalue weighted by Crippen LogP contribution is 2.39. The number of likely N-dealkylation sites (tertiary alicyclic amines) is 1. The molecule has 1 N–H and O–H groups in total. The fourth-order valence-electron chi connectivity index (χ4n) is 3.78. The maximum Gasteiger partial charge on any atom is 0.295 e. The summed E-state index contributed by atoms with van der Waals surface area (Å²) < 4.78 is 16.6. The van der Waals surface area contributed by atoms with Gasteiger partial charge in [-0.3, -0.25) is 9.59 Å². The summed E-state index contributed by atoms with van der Waals surface area (Å²) in [5, 5.41) is 11.1. The molecule has 7 nitrogen and oxygen atoms in total. The SMILES string of the molecule is COCCN1C(=O)C(=O)/C(=C(\O)c2ccc(OCC(C)C)cc2)C1c1ccc(OC(C)C)cc1. The molecule has 182 valence electrons. The molecular weight excluding hydrogens is 434 g/mol. The number of Topliss-reactive ketones (excluding diaryl/α,β-unsaturated/α-hetero) is 1. The zero-order valence-corrected chi connectivity index (χ0v) is 20.4. The van der Waals surface area contributed by atoms with Gasteiger partial charge in [0.15, 0.2) is 0 Å². The van der Waals surface area contributed by atoms with Crippen LogP contribution in [0.1, 0.15) is 44.9 Å². The number of ketones is 1. The molecule has 1 aliphatic heterocycles. The Hall–Kier alpha value is -3.32. The third kappa shape index (κ3) is 5.78. The van der Waals surface area contributed by atoms with E-state index >= 15 is 0 Å². The quantitative estimate of drug-likeness (QED) is 0.313. The molecule has 34 heavy (non-hydrogen) atoms. The predicted molar refractivity (Wildman–Crippen MR) is 130 cm³/mol. The summed E-state index contributed by atoms with van der Waals surface area (Å²) in [5.41, 5.74) is 1.19. The zero-order chi connectivity index (χ0) is 24.8. The predicted octanol–water partition coefficient (Wildman–Crippen LogP) is 4.58. The highest BCUT2D eigenvalue weighted by Gasteiger charge is 2.45. The Labute approximate surface area is 200 Å². The molecule has 0 radical (unpaired) electrons. The Kier molecular flexibility index (Phi) is 8.34. The average molecular weight is 468 g/mol. The maximum absolute atomic E-state index is 13.0. The van der Waals surface area contributed by atoms with Crippen molar-refractivity contribution in [2.24, 2.45) is 5.92 Å². The van der Waals surface area contributed by atoms with E-state index in [0.717, 1.165) is 0 Å². The van der Waals surface area contributed by atoms with Gasteiger partial charge in [-0.05, 0) is 61.7 Å². The van der Waals surface area contributed by atoms with Crippen molar-refractivity contribution >= 4 is 17.4 Å². The number of amides is 1. The van der Waals surface area contributed by atoms with Crippen molar-refractivity contribution in [1.29, 1.82) is 0 Å². The largest absolute Gasteiger partial charge is 0.507 e. The van der Waals surface area contributed by atoms with Crippen LogP contribution in [-0.4, -0.2) is 54.7 Å². The molecule has 0 saturated carbocycles. The van der Waals surface area contributed by atoms with Crippen LogP contribution >= 0.6 is 0 Å². The van der Waals surface area contributed by atoms with Gasteiger partial charge >= 0.3 is 0 Å². The molecule has 1 amide bonds. The standard InChI is InChI=1S/C27H33NO6/c1-17(2)16-33-21-10-8-20(9-11-21)25(29)23-24(28(14-15-32-5)27(31)26(23)30)19-6-12-22(13-7-19)34-18(3)4/h6-13,17-18,24,29H,14-16H2,1-5H3/b25-23-. The van der Waals surface area contributed by atoms with Gasteiger partial charge in [-0.2, -0.15) is 0 Å². The first-order valence-corrected chi connectivity index (χ1v) is 11.5. The molecule has 1 fully saturated rings. The number of aliphatic hydroxyl groups is 1. The molecule has 7 heteroatoms. The highest BCUT2D eigenvalue weighted by atomic mass is 16.5. The number of nitrogens with zero attached hydrogens (tertiary/aromatic N) is 1. The molecule has 1 atom stereocenters. The minimum atomic E-state index is -0.736. The van der Waals surface area contributed by atoms with Crippen LogP contribution in [0.3, 0.4) is 0 Å². The fourth-order valence-corrected chi connectivity index (χ4v) is 3.78. The molecule has 0 aromatic heterocycles. The van der Waals surface area contributed by atoms with E-state index in [1.54, 1.807) is 36.4 Å². The Balaban J connectivity index is 2.00. The normalized spacial score (nSPS) is 17.6. The van der Waals surface area contributed by atoms with Crippen LogP contribution in [0.4, 0.5) is 0 Å². The lowest BCUT2D eigenvalue weighted by molar-refractivity contribution is -0.140. The number of carbonyl (C=O) groups is 2. The van der Waals surface area contributed by atoms with Gasteiger partial charge in [-0.15, -0.1) is 0 Å². The van der Waals surface area contributed by atoms with Crippen molar-refractivity contribution in [3.63, 3.8) is 0 Å². The van der Waals surface area contributed by atoms with Crippen molar-refractivity contribution < 1.29 is 28.9 Å². The van der Waals surface area contributed by atoms with Crippen LogP contribution < -0.4 is 9.47 Å². The van der Waals surface area contributed by atoms with Gasteiger partial charge in [-0.1, -0.05) is 26.0 Å². The minimum Gasteiger partial charge on any atom is -0.507 e. The number of carbonyl (C=O) groups excluding carboxylic acids is 2. The van der Waals surface area contributed by atoms with Crippen molar-refractivity contribution in [3.8, 4) is 11.5 Å². The van der Waals surface area contributed by atoms with Gasteiger partial charge in [0.1, 0.15) is 17.3 Å². The number of rotatable bonds is 10. The lowest BCUT2D eigenvalue weighted by Gasteiger charge is -2.25. The van der Waals surface area contributed by atoms with E-state index < -0.39 is 17.7 Å². The fraction of sp³-hybridized carbons (Fsp3) is 0.407.